The quantitative estimate of drug-likeness (QED) is 0.523. The van der Waals surface area contributed by atoms with Gasteiger partial charge in [0.15, 0.2) is 5.82 Å². The van der Waals surface area contributed by atoms with Crippen molar-refractivity contribution < 1.29 is 4.79 Å². The zero-order valence-electron chi connectivity index (χ0n) is 15.0. The van der Waals surface area contributed by atoms with Crippen LogP contribution in [0.1, 0.15) is 30.9 Å². The minimum absolute atomic E-state index is 0.0722. The number of carbonyl (C=O) groups excluding carboxylic acids is 1. The largest absolute Gasteiger partial charge is 0.271 e. The number of halogens is 1. The summed E-state index contributed by atoms with van der Waals surface area (Å²) in [6.07, 6.45) is 1.59. The number of tetrazole rings is 1. The molecule has 0 aliphatic carbocycles. The molecule has 1 aromatic heterocycles. The van der Waals surface area contributed by atoms with Crippen molar-refractivity contribution in [2.75, 3.05) is 0 Å². The zero-order valence-corrected chi connectivity index (χ0v) is 15.8. The molecule has 0 aliphatic rings. The van der Waals surface area contributed by atoms with E-state index in [2.05, 4.69) is 39.9 Å². The zero-order chi connectivity index (χ0) is 19.2. The predicted octanol–water partition coefficient (Wildman–Crippen LogP) is 3.27. The maximum atomic E-state index is 12.1. The number of hydrazone groups is 1. The first-order chi connectivity index (χ1) is 13.0. The Balaban J connectivity index is 1.62. The van der Waals surface area contributed by atoms with Gasteiger partial charge in [-0.15, -0.1) is 5.10 Å². The summed E-state index contributed by atoms with van der Waals surface area (Å²) in [4.78, 5) is 12.1. The van der Waals surface area contributed by atoms with Crippen LogP contribution in [0.3, 0.4) is 0 Å². The molecule has 27 heavy (non-hydrogen) atoms. The molecule has 8 heteroatoms. The number of amides is 1. The van der Waals surface area contributed by atoms with Gasteiger partial charge in [0.1, 0.15) is 6.54 Å². The maximum absolute atomic E-state index is 12.1. The number of hydrogen-bond acceptors (Lipinski definition) is 5. The van der Waals surface area contributed by atoms with Crippen LogP contribution in [0.2, 0.25) is 5.02 Å². The van der Waals surface area contributed by atoms with Crippen molar-refractivity contribution in [2.45, 2.75) is 26.3 Å². The lowest BCUT2D eigenvalue weighted by Crippen LogP contribution is -2.24. The van der Waals surface area contributed by atoms with Gasteiger partial charge in [-0.3, -0.25) is 4.79 Å². The average molecular weight is 383 g/mol. The van der Waals surface area contributed by atoms with Gasteiger partial charge in [0.05, 0.1) is 11.2 Å². The number of nitrogens with zero attached hydrogens (tertiary/aromatic N) is 5. The fourth-order valence-corrected chi connectivity index (χ4v) is 2.68. The number of hydrogen-bond donors (Lipinski definition) is 1. The summed E-state index contributed by atoms with van der Waals surface area (Å²) >= 11 is 6.17. The highest BCUT2D eigenvalue weighted by atomic mass is 35.5. The number of benzene rings is 2. The molecule has 1 heterocycles. The molecule has 2 aromatic carbocycles. The van der Waals surface area contributed by atoms with Gasteiger partial charge in [-0.25, -0.2) is 10.1 Å². The number of nitrogens with one attached hydrogen (secondary N) is 1. The monoisotopic (exact) mass is 382 g/mol. The van der Waals surface area contributed by atoms with E-state index in [1.807, 2.05) is 36.4 Å². The smallest absolute Gasteiger partial charge is 0.261 e. The summed E-state index contributed by atoms with van der Waals surface area (Å²) in [5, 5.41) is 15.9. The summed E-state index contributed by atoms with van der Waals surface area (Å²) in [5.41, 5.74) is 5.29. The Morgan fingerprint density at radius 1 is 1.22 bits per heavy atom. The minimum atomic E-state index is -0.342. The molecule has 0 radical (unpaired) electrons. The van der Waals surface area contributed by atoms with Crippen molar-refractivity contribution in [1.82, 2.24) is 25.6 Å². The molecule has 7 nitrogen and oxygen atoms in total. The second kappa shape index (κ2) is 8.55. The molecule has 1 N–H and O–H groups in total. The SMILES string of the molecule is CC(C)c1ccc(/C=N\NC(=O)Cn2nnnc2-c2ccccc2Cl)cc1. The standard InChI is InChI=1S/C19H19ClN6O/c1-13(2)15-9-7-14(8-10-15)11-21-22-18(27)12-26-19(23-24-25-26)16-5-3-4-6-17(16)20/h3-11,13H,12H2,1-2H3,(H,22,27)/b21-11-. The van der Waals surface area contributed by atoms with Gasteiger partial charge >= 0.3 is 0 Å². The molecule has 0 saturated heterocycles. The van der Waals surface area contributed by atoms with Crippen molar-refractivity contribution in [3.63, 3.8) is 0 Å². The second-order valence-electron chi connectivity index (χ2n) is 6.25. The van der Waals surface area contributed by atoms with E-state index in [4.69, 9.17) is 11.6 Å². The third-order valence-electron chi connectivity index (χ3n) is 3.95. The third kappa shape index (κ3) is 4.77. The highest BCUT2D eigenvalue weighted by molar-refractivity contribution is 6.33. The van der Waals surface area contributed by atoms with Gasteiger partial charge in [0.25, 0.3) is 5.91 Å². The molecule has 0 saturated carbocycles. The third-order valence-corrected chi connectivity index (χ3v) is 4.28. The van der Waals surface area contributed by atoms with Gasteiger partial charge in [0, 0.05) is 5.56 Å². The highest BCUT2D eigenvalue weighted by Crippen LogP contribution is 2.24. The normalized spacial score (nSPS) is 11.3. The number of aromatic nitrogens is 4. The lowest BCUT2D eigenvalue weighted by atomic mass is 10.0. The Morgan fingerprint density at radius 3 is 2.67 bits per heavy atom. The average Bonchev–Trinajstić information content (AvgIpc) is 3.10. The van der Waals surface area contributed by atoms with Gasteiger partial charge < -0.3 is 0 Å². The Labute approximate surface area is 162 Å². The van der Waals surface area contributed by atoms with Crippen molar-refractivity contribution in [1.29, 1.82) is 0 Å². The van der Waals surface area contributed by atoms with Crippen LogP contribution in [0.25, 0.3) is 11.4 Å². The van der Waals surface area contributed by atoms with Crippen molar-refractivity contribution >= 4 is 23.7 Å². The first-order valence-electron chi connectivity index (χ1n) is 8.47. The van der Waals surface area contributed by atoms with Crippen LogP contribution in [-0.4, -0.2) is 32.3 Å². The van der Waals surface area contributed by atoms with E-state index in [9.17, 15) is 4.79 Å². The summed E-state index contributed by atoms with van der Waals surface area (Å²) in [6, 6.07) is 15.2. The Hall–Kier alpha value is -3.06. The van der Waals surface area contributed by atoms with Gasteiger partial charge in [-0.2, -0.15) is 5.10 Å². The molecule has 1 amide bonds. The first-order valence-corrected chi connectivity index (χ1v) is 8.85. The van der Waals surface area contributed by atoms with Crippen molar-refractivity contribution in [3.05, 3.63) is 64.7 Å². The highest BCUT2D eigenvalue weighted by Gasteiger charge is 2.14. The topological polar surface area (TPSA) is 85.1 Å². The Kier molecular flexibility index (Phi) is 5.93. The molecule has 0 spiro atoms. The lowest BCUT2D eigenvalue weighted by Gasteiger charge is -2.05. The second-order valence-corrected chi connectivity index (χ2v) is 6.66. The summed E-state index contributed by atoms with van der Waals surface area (Å²) in [7, 11) is 0. The molecule has 0 bridgehead atoms. The molecular formula is C19H19ClN6O. The first kappa shape index (κ1) is 18.7. The van der Waals surface area contributed by atoms with E-state index in [-0.39, 0.29) is 12.5 Å². The lowest BCUT2D eigenvalue weighted by molar-refractivity contribution is -0.121. The van der Waals surface area contributed by atoms with E-state index < -0.39 is 0 Å². The summed E-state index contributed by atoms with van der Waals surface area (Å²) in [5.74, 6) is 0.550. The van der Waals surface area contributed by atoms with E-state index in [1.165, 1.54) is 10.2 Å². The molecule has 0 aliphatic heterocycles. The van der Waals surface area contributed by atoms with Crippen LogP contribution in [-0.2, 0) is 11.3 Å². The van der Waals surface area contributed by atoms with Crippen LogP contribution in [0, 0.1) is 0 Å². The Bertz CT molecular complexity index is 949. The fraction of sp³-hybridized carbons (Fsp3) is 0.211. The van der Waals surface area contributed by atoms with E-state index in [0.29, 0.717) is 22.3 Å². The minimum Gasteiger partial charge on any atom is -0.271 e. The van der Waals surface area contributed by atoms with Crippen LogP contribution in [0.4, 0.5) is 0 Å². The summed E-state index contributed by atoms with van der Waals surface area (Å²) in [6.45, 7) is 4.20. The molecule has 0 fully saturated rings. The van der Waals surface area contributed by atoms with Crippen LogP contribution >= 0.6 is 11.6 Å². The fourth-order valence-electron chi connectivity index (χ4n) is 2.46. The van der Waals surface area contributed by atoms with Crippen LogP contribution < -0.4 is 5.43 Å². The Morgan fingerprint density at radius 2 is 1.96 bits per heavy atom. The molecule has 0 atom stereocenters. The molecule has 3 rings (SSSR count). The van der Waals surface area contributed by atoms with Crippen LogP contribution in [0.5, 0.6) is 0 Å². The van der Waals surface area contributed by atoms with E-state index >= 15 is 0 Å². The van der Waals surface area contributed by atoms with E-state index in [1.54, 1.807) is 18.3 Å². The molecule has 3 aromatic rings. The summed E-state index contributed by atoms with van der Waals surface area (Å²) < 4.78 is 1.38. The maximum Gasteiger partial charge on any atom is 0.261 e. The molecule has 138 valence electrons. The van der Waals surface area contributed by atoms with Crippen LogP contribution in [0.15, 0.2) is 53.6 Å². The number of rotatable bonds is 6. The van der Waals surface area contributed by atoms with Crippen molar-refractivity contribution in [2.24, 2.45) is 5.10 Å². The predicted molar refractivity (Wildman–Crippen MR) is 105 cm³/mol. The van der Waals surface area contributed by atoms with Crippen molar-refractivity contribution in [3.8, 4) is 11.4 Å². The van der Waals surface area contributed by atoms with E-state index in [0.717, 1.165) is 5.56 Å². The van der Waals surface area contributed by atoms with Gasteiger partial charge in [0.2, 0.25) is 0 Å². The molecular weight excluding hydrogens is 364 g/mol. The van der Waals surface area contributed by atoms with Gasteiger partial charge in [-0.05, 0) is 39.6 Å². The molecule has 0 unspecified atom stereocenters. The number of carbonyl (C=O) groups is 1. The van der Waals surface area contributed by atoms with Gasteiger partial charge in [-0.1, -0.05) is 61.8 Å².